The quantitative estimate of drug-likeness (QED) is 0.631. The highest BCUT2D eigenvalue weighted by Gasteiger charge is 2.70. The van der Waals surface area contributed by atoms with Gasteiger partial charge in [0.25, 0.3) is 0 Å². The minimum Gasteiger partial charge on any atom is -0.370 e. The second-order valence-corrected chi connectivity index (χ2v) is 8.30. The Morgan fingerprint density at radius 3 is 2.59 bits per heavy atom. The van der Waals surface area contributed by atoms with Gasteiger partial charge < -0.3 is 11.1 Å². The molecule has 4 amide bonds. The Morgan fingerprint density at radius 2 is 1.93 bits per heavy atom. The first-order valence-corrected chi connectivity index (χ1v) is 10.1. The second-order valence-electron chi connectivity index (χ2n) is 8.30. The molecule has 4 N–H and O–H groups in total. The van der Waals surface area contributed by atoms with Crippen molar-refractivity contribution in [1.82, 2.24) is 10.2 Å². The number of hydrogen-bond donors (Lipinski definition) is 3. The van der Waals surface area contributed by atoms with Crippen LogP contribution in [0.25, 0.3) is 0 Å². The normalized spacial score (nSPS) is 30.1. The Hall–Kier alpha value is -2.74. The fourth-order valence-electron chi connectivity index (χ4n) is 5.11. The van der Waals surface area contributed by atoms with Crippen LogP contribution in [-0.4, -0.2) is 41.1 Å². The first-order chi connectivity index (χ1) is 13.7. The number of hydrogen-bond acceptors (Lipinski definition) is 5. The van der Waals surface area contributed by atoms with Crippen LogP contribution in [0.1, 0.15) is 42.9 Å². The van der Waals surface area contributed by atoms with Gasteiger partial charge in [0.2, 0.25) is 23.6 Å². The molecule has 3 aliphatic heterocycles. The first kappa shape index (κ1) is 19.6. The van der Waals surface area contributed by atoms with E-state index < -0.39 is 29.3 Å². The first-order valence-electron chi connectivity index (χ1n) is 10.1. The Bertz CT molecular complexity index is 943. The number of benzene rings is 1. The maximum atomic E-state index is 13.4. The molecule has 154 valence electrons. The van der Waals surface area contributed by atoms with Gasteiger partial charge in [-0.3, -0.25) is 29.4 Å². The van der Waals surface area contributed by atoms with Gasteiger partial charge in [-0.05, 0) is 31.4 Å². The number of unbranched alkanes of at least 4 members (excludes halogenated alkanes) is 1. The number of rotatable bonds is 5. The molecule has 1 aromatic rings. The third-order valence-electron chi connectivity index (χ3n) is 6.67. The highest BCUT2D eigenvalue weighted by molar-refractivity contribution is 6.15. The van der Waals surface area contributed by atoms with Crippen LogP contribution in [0.5, 0.6) is 0 Å². The maximum absolute atomic E-state index is 13.4. The minimum atomic E-state index is -1.37. The van der Waals surface area contributed by atoms with E-state index in [0.29, 0.717) is 24.2 Å². The second kappa shape index (κ2) is 6.66. The number of aryl methyl sites for hydroxylation is 1. The number of nitrogens with two attached hydrogens (primary N) is 1. The van der Waals surface area contributed by atoms with E-state index in [1.165, 1.54) is 4.90 Å². The van der Waals surface area contributed by atoms with E-state index in [1.54, 1.807) is 0 Å². The third-order valence-corrected chi connectivity index (χ3v) is 6.67. The van der Waals surface area contributed by atoms with Crippen molar-refractivity contribution in [3.63, 3.8) is 0 Å². The number of likely N-dealkylation sites (tertiary alicyclic amines) is 1. The molecule has 8 heteroatoms. The van der Waals surface area contributed by atoms with Crippen molar-refractivity contribution in [1.29, 1.82) is 0 Å². The van der Waals surface area contributed by atoms with Crippen LogP contribution in [0.2, 0.25) is 0 Å². The molecule has 3 heterocycles. The summed E-state index contributed by atoms with van der Waals surface area (Å²) in [5.41, 5.74) is 7.32. The zero-order valence-corrected chi connectivity index (χ0v) is 16.9. The van der Waals surface area contributed by atoms with Crippen molar-refractivity contribution in [3.05, 3.63) is 28.8 Å². The molecule has 0 radical (unpaired) electrons. The molecule has 3 aliphatic rings. The van der Waals surface area contributed by atoms with Crippen molar-refractivity contribution in [2.75, 3.05) is 11.9 Å². The highest BCUT2D eigenvalue weighted by atomic mass is 16.2. The smallest absolute Gasteiger partial charge is 0.250 e. The Balaban J connectivity index is 1.86. The molecular weight excluding hydrogens is 372 g/mol. The Kier molecular flexibility index (Phi) is 4.49. The summed E-state index contributed by atoms with van der Waals surface area (Å²) in [5.74, 6) is -3.29. The molecule has 0 bridgehead atoms. The van der Waals surface area contributed by atoms with Crippen LogP contribution in [0.4, 0.5) is 5.69 Å². The number of amides is 4. The van der Waals surface area contributed by atoms with E-state index in [4.69, 9.17) is 5.73 Å². The Labute approximate surface area is 169 Å². The van der Waals surface area contributed by atoms with Gasteiger partial charge in [-0.1, -0.05) is 25.5 Å². The summed E-state index contributed by atoms with van der Waals surface area (Å²) in [6, 6.07) is 3.07. The molecule has 1 spiro atoms. The zero-order chi connectivity index (χ0) is 21.1. The predicted molar refractivity (Wildman–Crippen MR) is 106 cm³/mol. The standard InChI is InChI=1S/C21H26N4O4/c1-4-5-8-25-18(27)15-13(9-14(22)26)24-21(16(15)19(25)28)12-7-6-10(2)11(3)17(12)23-20(21)29/h6-7,13,15-16,24H,4-5,8-9H2,1-3H3,(H2,22,26)(H,23,29)/t13-,15+,16-,21-/m0/s1. The molecule has 0 unspecified atom stereocenters. The lowest BCUT2D eigenvalue weighted by molar-refractivity contribution is -0.142. The summed E-state index contributed by atoms with van der Waals surface area (Å²) in [5, 5.41) is 6.13. The number of carbonyl (C=O) groups excluding carboxylic acids is 4. The van der Waals surface area contributed by atoms with Gasteiger partial charge >= 0.3 is 0 Å². The minimum absolute atomic E-state index is 0.114. The van der Waals surface area contributed by atoms with Crippen molar-refractivity contribution < 1.29 is 19.2 Å². The molecule has 0 aliphatic carbocycles. The van der Waals surface area contributed by atoms with E-state index >= 15 is 0 Å². The van der Waals surface area contributed by atoms with Gasteiger partial charge in [0.1, 0.15) is 5.54 Å². The van der Waals surface area contributed by atoms with Gasteiger partial charge in [0, 0.05) is 30.3 Å². The Morgan fingerprint density at radius 1 is 1.21 bits per heavy atom. The summed E-state index contributed by atoms with van der Waals surface area (Å²) in [6.07, 6.45) is 1.41. The summed E-state index contributed by atoms with van der Waals surface area (Å²) >= 11 is 0. The fourth-order valence-corrected chi connectivity index (χ4v) is 5.11. The largest absolute Gasteiger partial charge is 0.370 e. The van der Waals surface area contributed by atoms with E-state index in [2.05, 4.69) is 10.6 Å². The predicted octanol–water partition coefficient (Wildman–Crippen LogP) is 0.699. The number of fused-ring (bicyclic) bond motifs is 4. The number of imide groups is 1. The van der Waals surface area contributed by atoms with Gasteiger partial charge in [0.05, 0.1) is 11.8 Å². The summed E-state index contributed by atoms with van der Waals surface area (Å²) in [7, 11) is 0. The highest BCUT2D eigenvalue weighted by Crippen LogP contribution is 2.54. The van der Waals surface area contributed by atoms with Crippen LogP contribution in [0.15, 0.2) is 12.1 Å². The molecule has 2 fully saturated rings. The topological polar surface area (TPSA) is 122 Å². The van der Waals surface area contributed by atoms with Gasteiger partial charge in [-0.15, -0.1) is 0 Å². The molecule has 0 saturated carbocycles. The molecule has 4 rings (SSSR count). The molecule has 1 aromatic carbocycles. The van der Waals surface area contributed by atoms with Gasteiger partial charge in [0.15, 0.2) is 0 Å². The molecular formula is C21H26N4O4. The van der Waals surface area contributed by atoms with Crippen LogP contribution in [0, 0.1) is 25.7 Å². The average molecular weight is 398 g/mol. The molecule has 2 saturated heterocycles. The summed E-state index contributed by atoms with van der Waals surface area (Å²) < 4.78 is 0. The lowest BCUT2D eigenvalue weighted by Crippen LogP contribution is -2.53. The zero-order valence-electron chi connectivity index (χ0n) is 16.9. The van der Waals surface area contributed by atoms with Crippen molar-refractivity contribution in [2.45, 2.75) is 51.6 Å². The number of nitrogens with one attached hydrogen (secondary N) is 2. The van der Waals surface area contributed by atoms with Crippen molar-refractivity contribution in [2.24, 2.45) is 17.6 Å². The fraction of sp³-hybridized carbons (Fsp3) is 0.524. The van der Waals surface area contributed by atoms with E-state index in [-0.39, 0.29) is 24.1 Å². The van der Waals surface area contributed by atoms with Gasteiger partial charge in [-0.25, -0.2) is 0 Å². The lowest BCUT2D eigenvalue weighted by Gasteiger charge is -2.29. The number of nitrogens with zero attached hydrogens (tertiary/aromatic N) is 1. The summed E-state index contributed by atoms with van der Waals surface area (Å²) in [4.78, 5) is 52.8. The van der Waals surface area contributed by atoms with Crippen LogP contribution < -0.4 is 16.4 Å². The van der Waals surface area contributed by atoms with Crippen LogP contribution in [-0.2, 0) is 24.7 Å². The van der Waals surface area contributed by atoms with Gasteiger partial charge in [-0.2, -0.15) is 0 Å². The average Bonchev–Trinajstić information content (AvgIpc) is 3.22. The summed E-state index contributed by atoms with van der Waals surface area (Å²) in [6.45, 7) is 6.17. The number of carbonyl (C=O) groups is 4. The molecule has 29 heavy (non-hydrogen) atoms. The molecule has 8 nitrogen and oxygen atoms in total. The lowest BCUT2D eigenvalue weighted by atomic mass is 9.76. The van der Waals surface area contributed by atoms with E-state index in [1.807, 2.05) is 32.9 Å². The van der Waals surface area contributed by atoms with E-state index in [9.17, 15) is 19.2 Å². The molecule has 4 atom stereocenters. The van der Waals surface area contributed by atoms with Crippen molar-refractivity contribution >= 4 is 29.3 Å². The SMILES string of the molecule is CCCCN1C(=O)[C@@H]2[C@H](CC(N)=O)N[C@]3(C(=O)Nc4c3ccc(C)c4C)[C@@H]2C1=O. The van der Waals surface area contributed by atoms with Crippen molar-refractivity contribution in [3.8, 4) is 0 Å². The number of anilines is 1. The maximum Gasteiger partial charge on any atom is 0.250 e. The number of primary amides is 1. The monoisotopic (exact) mass is 398 g/mol. The third kappa shape index (κ3) is 2.55. The van der Waals surface area contributed by atoms with E-state index in [0.717, 1.165) is 17.5 Å². The molecule has 0 aromatic heterocycles. The van der Waals surface area contributed by atoms with Crippen LogP contribution in [0.3, 0.4) is 0 Å². The van der Waals surface area contributed by atoms with Crippen LogP contribution >= 0.6 is 0 Å².